The molecule has 2 N–H and O–H groups in total. The second-order valence-electron chi connectivity index (χ2n) is 4.14. The van der Waals surface area contributed by atoms with Crippen LogP contribution in [-0.2, 0) is 0 Å². The molecule has 0 aliphatic carbocycles. The number of aliphatic hydroxyl groups is 1. The molecule has 3 nitrogen and oxygen atoms in total. The van der Waals surface area contributed by atoms with Crippen molar-refractivity contribution >= 4 is 17.3 Å². The lowest BCUT2D eigenvalue weighted by molar-refractivity contribution is 0.191. The highest BCUT2D eigenvalue weighted by molar-refractivity contribution is 6.30. The SMILES string of the molecule is N#Cc1cccc(NCC(O)c2ccc(Cl)cc2)c1. The van der Waals surface area contributed by atoms with Crippen molar-refractivity contribution < 1.29 is 5.11 Å². The zero-order chi connectivity index (χ0) is 13.7. The number of nitrogens with zero attached hydrogens (tertiary/aromatic N) is 1. The number of hydrogen-bond donors (Lipinski definition) is 2. The van der Waals surface area contributed by atoms with Gasteiger partial charge in [0.25, 0.3) is 0 Å². The van der Waals surface area contributed by atoms with Gasteiger partial charge in [-0.2, -0.15) is 5.26 Å². The summed E-state index contributed by atoms with van der Waals surface area (Å²) in [4.78, 5) is 0. The van der Waals surface area contributed by atoms with E-state index in [0.29, 0.717) is 17.1 Å². The zero-order valence-electron chi connectivity index (χ0n) is 10.2. The van der Waals surface area contributed by atoms with Crippen LogP contribution < -0.4 is 5.32 Å². The number of rotatable bonds is 4. The second-order valence-corrected chi connectivity index (χ2v) is 4.58. The Morgan fingerprint density at radius 1 is 1.21 bits per heavy atom. The maximum absolute atomic E-state index is 10.0. The summed E-state index contributed by atoms with van der Waals surface area (Å²) in [5.74, 6) is 0. The van der Waals surface area contributed by atoms with Gasteiger partial charge in [0.05, 0.1) is 17.7 Å². The molecule has 0 aliphatic heterocycles. The van der Waals surface area contributed by atoms with Crippen molar-refractivity contribution in [2.45, 2.75) is 6.10 Å². The summed E-state index contributed by atoms with van der Waals surface area (Å²) < 4.78 is 0. The lowest BCUT2D eigenvalue weighted by Crippen LogP contribution is -2.12. The molecular formula is C15H13ClN2O. The van der Waals surface area contributed by atoms with E-state index >= 15 is 0 Å². The second kappa shape index (κ2) is 6.24. The van der Waals surface area contributed by atoms with E-state index < -0.39 is 6.10 Å². The smallest absolute Gasteiger partial charge is 0.0992 e. The minimum absolute atomic E-state index is 0.372. The molecule has 4 heteroatoms. The highest BCUT2D eigenvalue weighted by atomic mass is 35.5. The van der Waals surface area contributed by atoms with Gasteiger partial charge < -0.3 is 10.4 Å². The third-order valence-corrected chi connectivity index (χ3v) is 3.00. The quantitative estimate of drug-likeness (QED) is 0.897. The number of halogens is 1. The van der Waals surface area contributed by atoms with Crippen molar-refractivity contribution in [2.75, 3.05) is 11.9 Å². The summed E-state index contributed by atoms with van der Waals surface area (Å²) in [5.41, 5.74) is 2.20. The van der Waals surface area contributed by atoms with E-state index in [-0.39, 0.29) is 0 Å². The number of anilines is 1. The molecule has 0 fully saturated rings. The highest BCUT2D eigenvalue weighted by Gasteiger charge is 2.07. The Hall–Kier alpha value is -2.02. The maximum Gasteiger partial charge on any atom is 0.0992 e. The maximum atomic E-state index is 10.0. The van der Waals surface area contributed by atoms with Crippen molar-refractivity contribution in [1.29, 1.82) is 5.26 Å². The van der Waals surface area contributed by atoms with E-state index in [1.54, 1.807) is 42.5 Å². The average molecular weight is 273 g/mol. The third-order valence-electron chi connectivity index (χ3n) is 2.75. The number of nitrogens with one attached hydrogen (secondary N) is 1. The fourth-order valence-electron chi connectivity index (χ4n) is 1.72. The zero-order valence-corrected chi connectivity index (χ0v) is 10.9. The predicted molar refractivity (Wildman–Crippen MR) is 76.1 cm³/mol. The van der Waals surface area contributed by atoms with E-state index in [4.69, 9.17) is 16.9 Å². The Kier molecular flexibility index (Phi) is 4.40. The Morgan fingerprint density at radius 3 is 2.63 bits per heavy atom. The number of hydrogen-bond acceptors (Lipinski definition) is 3. The third kappa shape index (κ3) is 3.72. The Bertz CT molecular complexity index is 590. The van der Waals surface area contributed by atoms with Crippen molar-refractivity contribution in [3.8, 4) is 6.07 Å². The topological polar surface area (TPSA) is 56.0 Å². The van der Waals surface area contributed by atoms with E-state index in [1.807, 2.05) is 6.07 Å². The molecule has 0 bridgehead atoms. The molecule has 0 saturated carbocycles. The molecule has 0 heterocycles. The molecule has 2 rings (SSSR count). The van der Waals surface area contributed by atoms with E-state index in [2.05, 4.69) is 11.4 Å². The summed E-state index contributed by atoms with van der Waals surface area (Å²) in [6.45, 7) is 0.372. The van der Waals surface area contributed by atoms with E-state index in [1.165, 1.54) is 0 Å². The molecule has 0 spiro atoms. The van der Waals surface area contributed by atoms with Crippen LogP contribution in [0.15, 0.2) is 48.5 Å². The van der Waals surface area contributed by atoms with Gasteiger partial charge in [0.2, 0.25) is 0 Å². The van der Waals surface area contributed by atoms with Crippen LogP contribution in [0, 0.1) is 11.3 Å². The summed E-state index contributed by atoms with van der Waals surface area (Å²) >= 11 is 5.79. The van der Waals surface area contributed by atoms with Gasteiger partial charge in [-0.05, 0) is 35.9 Å². The van der Waals surface area contributed by atoms with Crippen LogP contribution in [0.25, 0.3) is 0 Å². The van der Waals surface area contributed by atoms with Crippen LogP contribution in [0.5, 0.6) is 0 Å². The lowest BCUT2D eigenvalue weighted by atomic mass is 10.1. The molecule has 96 valence electrons. The molecule has 2 aromatic rings. The number of nitriles is 1. The summed E-state index contributed by atoms with van der Waals surface area (Å²) in [7, 11) is 0. The average Bonchev–Trinajstić information content (AvgIpc) is 2.46. The minimum atomic E-state index is -0.622. The molecule has 0 radical (unpaired) electrons. The van der Waals surface area contributed by atoms with Crippen molar-refractivity contribution in [1.82, 2.24) is 0 Å². The monoisotopic (exact) mass is 272 g/mol. The Morgan fingerprint density at radius 2 is 1.95 bits per heavy atom. The van der Waals surface area contributed by atoms with Crippen LogP contribution in [0.1, 0.15) is 17.2 Å². The van der Waals surface area contributed by atoms with Crippen LogP contribution in [0.3, 0.4) is 0 Å². The first kappa shape index (κ1) is 13.4. The first-order chi connectivity index (χ1) is 9.19. The summed E-state index contributed by atoms with van der Waals surface area (Å²) in [5, 5.41) is 22.6. The first-order valence-corrected chi connectivity index (χ1v) is 6.24. The number of benzene rings is 2. The molecule has 0 saturated heterocycles. The molecule has 0 amide bonds. The minimum Gasteiger partial charge on any atom is -0.387 e. The van der Waals surface area contributed by atoms with Crippen molar-refractivity contribution in [2.24, 2.45) is 0 Å². The lowest BCUT2D eigenvalue weighted by Gasteiger charge is -2.13. The standard InChI is InChI=1S/C15H13ClN2O/c16-13-6-4-12(5-7-13)15(19)10-18-14-3-1-2-11(8-14)9-17/h1-8,15,18-19H,10H2. The van der Waals surface area contributed by atoms with Gasteiger partial charge in [0, 0.05) is 17.3 Å². The van der Waals surface area contributed by atoms with E-state index in [9.17, 15) is 5.11 Å². The van der Waals surface area contributed by atoms with Crippen molar-refractivity contribution in [3.63, 3.8) is 0 Å². The highest BCUT2D eigenvalue weighted by Crippen LogP contribution is 2.17. The van der Waals surface area contributed by atoms with Gasteiger partial charge in [-0.1, -0.05) is 29.8 Å². The van der Waals surface area contributed by atoms with Gasteiger partial charge in [0.1, 0.15) is 0 Å². The molecule has 19 heavy (non-hydrogen) atoms. The van der Waals surface area contributed by atoms with E-state index in [0.717, 1.165) is 11.3 Å². The van der Waals surface area contributed by atoms with Crippen molar-refractivity contribution in [3.05, 3.63) is 64.7 Å². The fraction of sp³-hybridized carbons (Fsp3) is 0.133. The summed E-state index contributed by atoms with van der Waals surface area (Å²) in [6, 6.07) is 16.3. The van der Waals surface area contributed by atoms with Crippen LogP contribution >= 0.6 is 11.6 Å². The first-order valence-electron chi connectivity index (χ1n) is 5.86. The van der Waals surface area contributed by atoms with Crippen LogP contribution in [0.2, 0.25) is 5.02 Å². The van der Waals surface area contributed by atoms with Gasteiger partial charge in [0.15, 0.2) is 0 Å². The molecule has 0 aliphatic rings. The molecule has 1 unspecified atom stereocenters. The van der Waals surface area contributed by atoms with Gasteiger partial charge in [-0.15, -0.1) is 0 Å². The molecule has 0 aromatic heterocycles. The van der Waals surface area contributed by atoms with Gasteiger partial charge in [-0.3, -0.25) is 0 Å². The Labute approximate surface area is 117 Å². The van der Waals surface area contributed by atoms with Crippen LogP contribution in [0.4, 0.5) is 5.69 Å². The van der Waals surface area contributed by atoms with Gasteiger partial charge in [-0.25, -0.2) is 0 Å². The summed E-state index contributed by atoms with van der Waals surface area (Å²) in [6.07, 6.45) is -0.622. The molecule has 2 aromatic carbocycles. The Balaban J connectivity index is 1.98. The van der Waals surface area contributed by atoms with Gasteiger partial charge >= 0.3 is 0 Å². The molecule has 1 atom stereocenters. The van der Waals surface area contributed by atoms with Crippen LogP contribution in [-0.4, -0.2) is 11.7 Å². The predicted octanol–water partition coefficient (Wildman–Crippen LogP) is 3.36. The fourth-order valence-corrected chi connectivity index (χ4v) is 1.84. The normalized spacial score (nSPS) is 11.6. The molecular weight excluding hydrogens is 260 g/mol. The number of aliphatic hydroxyl groups excluding tert-OH is 1. The largest absolute Gasteiger partial charge is 0.387 e.